The first-order valence-corrected chi connectivity index (χ1v) is 8.48. The van der Waals surface area contributed by atoms with Crippen LogP contribution in [0.2, 0.25) is 0 Å². The highest BCUT2D eigenvalue weighted by molar-refractivity contribution is 7.93. The number of nitrogens with zero attached hydrogens (tertiary/aromatic N) is 2. The fourth-order valence-electron chi connectivity index (χ4n) is 1.66. The number of halogens is 1. The Hall–Kier alpha value is -1.74. The molecule has 1 aromatic heterocycles. The molecule has 0 bridgehead atoms. The molecular formula is C12H15FN4O2S2. The monoisotopic (exact) mass is 330 g/mol. The van der Waals surface area contributed by atoms with Crippen LogP contribution in [0.1, 0.15) is 18.9 Å². The summed E-state index contributed by atoms with van der Waals surface area (Å²) in [5, 5.41) is 8.62. The van der Waals surface area contributed by atoms with Crippen molar-refractivity contribution in [1.29, 1.82) is 0 Å². The lowest BCUT2D eigenvalue weighted by Gasteiger charge is -2.07. The van der Waals surface area contributed by atoms with Crippen LogP contribution in [0.25, 0.3) is 0 Å². The van der Waals surface area contributed by atoms with Crippen LogP contribution in [-0.4, -0.2) is 18.6 Å². The Labute approximate surface area is 126 Å². The highest BCUT2D eigenvalue weighted by atomic mass is 32.2. The molecule has 2 aromatic rings. The Bertz CT molecular complexity index is 743. The van der Waals surface area contributed by atoms with Gasteiger partial charge >= 0.3 is 0 Å². The fraction of sp³-hybridized carbons (Fsp3) is 0.333. The normalized spacial score (nSPS) is 11.8. The quantitative estimate of drug-likeness (QED) is 0.819. The van der Waals surface area contributed by atoms with E-state index < -0.39 is 15.8 Å². The van der Waals surface area contributed by atoms with Gasteiger partial charge in [0, 0.05) is 6.42 Å². The summed E-state index contributed by atoms with van der Waals surface area (Å²) in [7, 11) is -3.91. The molecular weight excluding hydrogens is 315 g/mol. The van der Waals surface area contributed by atoms with Crippen molar-refractivity contribution in [3.8, 4) is 0 Å². The second-order valence-corrected chi connectivity index (χ2v) is 7.60. The van der Waals surface area contributed by atoms with Gasteiger partial charge in [-0.2, -0.15) is 0 Å². The Morgan fingerprint density at radius 3 is 2.71 bits per heavy atom. The third-order valence-corrected chi connectivity index (χ3v) is 4.94. The highest BCUT2D eigenvalue weighted by Crippen LogP contribution is 2.24. The van der Waals surface area contributed by atoms with Crippen LogP contribution in [-0.2, 0) is 16.4 Å². The molecule has 0 atom stereocenters. The van der Waals surface area contributed by atoms with E-state index >= 15 is 0 Å². The molecule has 21 heavy (non-hydrogen) atoms. The largest absolute Gasteiger partial charge is 0.398 e. The van der Waals surface area contributed by atoms with Crippen molar-refractivity contribution < 1.29 is 12.8 Å². The molecule has 114 valence electrons. The first kappa shape index (κ1) is 15.6. The van der Waals surface area contributed by atoms with Gasteiger partial charge in [-0.25, -0.2) is 12.8 Å². The van der Waals surface area contributed by atoms with Gasteiger partial charge in [0.25, 0.3) is 10.0 Å². The molecule has 0 fully saturated rings. The van der Waals surface area contributed by atoms with Gasteiger partial charge in [0.2, 0.25) is 5.13 Å². The van der Waals surface area contributed by atoms with E-state index in [-0.39, 0.29) is 15.7 Å². The van der Waals surface area contributed by atoms with Crippen LogP contribution in [0.3, 0.4) is 0 Å². The third-order valence-electron chi connectivity index (χ3n) is 2.53. The Morgan fingerprint density at radius 2 is 2.10 bits per heavy atom. The highest BCUT2D eigenvalue weighted by Gasteiger charge is 2.20. The van der Waals surface area contributed by atoms with E-state index in [1.54, 1.807) is 0 Å². The fourth-order valence-corrected chi connectivity index (χ4v) is 3.96. The first-order valence-electron chi connectivity index (χ1n) is 6.18. The topological polar surface area (TPSA) is 98.0 Å². The van der Waals surface area contributed by atoms with E-state index in [4.69, 9.17) is 5.73 Å². The van der Waals surface area contributed by atoms with Crippen molar-refractivity contribution in [2.75, 3.05) is 10.5 Å². The molecule has 1 aromatic carbocycles. The standard InChI is InChI=1S/C12H15FN4O2S2/c1-7(2)5-11-15-16-12(20-11)17-21(18,19)10-4-3-8(13)6-9(10)14/h3-4,6-7H,5,14H2,1-2H3,(H,16,17). The predicted molar refractivity (Wildman–Crippen MR) is 80.1 cm³/mol. The summed E-state index contributed by atoms with van der Waals surface area (Å²) >= 11 is 1.16. The van der Waals surface area contributed by atoms with E-state index in [1.807, 2.05) is 13.8 Å². The number of sulfonamides is 1. The molecule has 2 rings (SSSR count). The van der Waals surface area contributed by atoms with Gasteiger partial charge in [-0.1, -0.05) is 25.2 Å². The number of hydrogen-bond donors (Lipinski definition) is 2. The Kier molecular flexibility index (Phi) is 4.43. The number of nitrogen functional groups attached to an aromatic ring is 1. The molecule has 1 heterocycles. The smallest absolute Gasteiger partial charge is 0.265 e. The van der Waals surface area contributed by atoms with Crippen LogP contribution >= 0.6 is 11.3 Å². The molecule has 6 nitrogen and oxygen atoms in total. The average Bonchev–Trinajstić information content (AvgIpc) is 2.73. The second kappa shape index (κ2) is 5.94. The zero-order valence-electron chi connectivity index (χ0n) is 11.5. The zero-order valence-corrected chi connectivity index (χ0v) is 13.1. The maximum absolute atomic E-state index is 13.0. The molecule has 0 aliphatic heterocycles. The van der Waals surface area contributed by atoms with E-state index in [9.17, 15) is 12.8 Å². The average molecular weight is 330 g/mol. The lowest BCUT2D eigenvalue weighted by molar-refractivity contribution is 0.600. The molecule has 9 heteroatoms. The van der Waals surface area contributed by atoms with E-state index in [2.05, 4.69) is 14.9 Å². The lowest BCUT2D eigenvalue weighted by atomic mass is 10.1. The zero-order chi connectivity index (χ0) is 15.6. The van der Waals surface area contributed by atoms with Gasteiger partial charge in [-0.15, -0.1) is 10.2 Å². The Morgan fingerprint density at radius 1 is 1.38 bits per heavy atom. The van der Waals surface area contributed by atoms with Gasteiger partial charge in [0.05, 0.1) is 5.69 Å². The van der Waals surface area contributed by atoms with E-state index in [1.165, 1.54) is 0 Å². The first-order chi connectivity index (χ1) is 9.78. The maximum Gasteiger partial charge on any atom is 0.265 e. The number of benzene rings is 1. The van der Waals surface area contributed by atoms with Crippen molar-refractivity contribution in [2.45, 2.75) is 25.2 Å². The van der Waals surface area contributed by atoms with Crippen molar-refractivity contribution in [1.82, 2.24) is 10.2 Å². The SMILES string of the molecule is CC(C)Cc1nnc(NS(=O)(=O)c2ccc(F)cc2N)s1. The van der Waals surface area contributed by atoms with Gasteiger partial charge in [-0.3, -0.25) is 4.72 Å². The molecule has 0 amide bonds. The van der Waals surface area contributed by atoms with Crippen molar-refractivity contribution in [3.63, 3.8) is 0 Å². The summed E-state index contributed by atoms with van der Waals surface area (Å²) in [4.78, 5) is -0.190. The molecule has 0 radical (unpaired) electrons. The molecule has 0 saturated heterocycles. The minimum Gasteiger partial charge on any atom is -0.398 e. The number of anilines is 2. The molecule has 0 aliphatic rings. The van der Waals surface area contributed by atoms with Crippen molar-refractivity contribution in [3.05, 3.63) is 29.0 Å². The summed E-state index contributed by atoms with van der Waals surface area (Å²) in [5.74, 6) is -0.197. The summed E-state index contributed by atoms with van der Waals surface area (Å²) in [6.45, 7) is 4.06. The third kappa shape index (κ3) is 3.88. The van der Waals surface area contributed by atoms with Crippen LogP contribution in [0.5, 0.6) is 0 Å². The van der Waals surface area contributed by atoms with Crippen LogP contribution in [0.4, 0.5) is 15.2 Å². The molecule has 0 unspecified atom stereocenters. The van der Waals surface area contributed by atoms with Crippen molar-refractivity contribution >= 4 is 32.2 Å². The van der Waals surface area contributed by atoms with E-state index in [0.717, 1.165) is 41.0 Å². The van der Waals surface area contributed by atoms with Crippen molar-refractivity contribution in [2.24, 2.45) is 5.92 Å². The molecule has 0 spiro atoms. The molecule has 3 N–H and O–H groups in total. The lowest BCUT2D eigenvalue weighted by Crippen LogP contribution is -2.14. The minimum absolute atomic E-state index is 0.158. The summed E-state index contributed by atoms with van der Waals surface area (Å²) in [6, 6.07) is 3.11. The van der Waals surface area contributed by atoms with Gasteiger partial charge in [-0.05, 0) is 24.1 Å². The Balaban J connectivity index is 2.23. The number of nitrogens with one attached hydrogen (secondary N) is 1. The minimum atomic E-state index is -3.91. The summed E-state index contributed by atoms with van der Waals surface area (Å²) in [6.07, 6.45) is 0.720. The second-order valence-electron chi connectivity index (χ2n) is 4.89. The predicted octanol–water partition coefficient (Wildman–Crippen LogP) is 2.26. The van der Waals surface area contributed by atoms with Crippen LogP contribution in [0, 0.1) is 11.7 Å². The van der Waals surface area contributed by atoms with Crippen LogP contribution < -0.4 is 10.5 Å². The van der Waals surface area contributed by atoms with Gasteiger partial charge < -0.3 is 5.73 Å². The molecule has 0 saturated carbocycles. The van der Waals surface area contributed by atoms with Crippen LogP contribution in [0.15, 0.2) is 23.1 Å². The number of nitrogens with two attached hydrogens (primary N) is 1. The number of hydrogen-bond acceptors (Lipinski definition) is 6. The van der Waals surface area contributed by atoms with Gasteiger partial charge in [0.15, 0.2) is 0 Å². The summed E-state index contributed by atoms with van der Waals surface area (Å²) < 4.78 is 39.7. The molecule has 0 aliphatic carbocycles. The maximum atomic E-state index is 13.0. The summed E-state index contributed by atoms with van der Waals surface area (Å²) in [5.41, 5.74) is 5.38. The van der Waals surface area contributed by atoms with Gasteiger partial charge in [0.1, 0.15) is 15.7 Å². The number of rotatable bonds is 5. The van der Waals surface area contributed by atoms with E-state index in [0.29, 0.717) is 5.92 Å². The number of aromatic nitrogens is 2.